The predicted octanol–water partition coefficient (Wildman–Crippen LogP) is 4.80. The lowest BCUT2D eigenvalue weighted by Gasteiger charge is -2.43. The van der Waals surface area contributed by atoms with Crippen molar-refractivity contribution < 1.29 is 4.79 Å². The molecule has 130 valence electrons. The van der Waals surface area contributed by atoms with Gasteiger partial charge in [-0.1, -0.05) is 49.4 Å². The monoisotopic (exact) mass is 334 g/mol. The van der Waals surface area contributed by atoms with Gasteiger partial charge >= 0.3 is 6.03 Å². The van der Waals surface area contributed by atoms with Crippen molar-refractivity contribution in [3.8, 4) is 0 Å². The van der Waals surface area contributed by atoms with Gasteiger partial charge in [-0.05, 0) is 61.3 Å². The first-order valence-electron chi connectivity index (χ1n) is 9.22. The molecular formula is C22H26N2O. The Balaban J connectivity index is 1.51. The van der Waals surface area contributed by atoms with E-state index in [4.69, 9.17) is 0 Å². The zero-order valence-corrected chi connectivity index (χ0v) is 15.1. The van der Waals surface area contributed by atoms with Gasteiger partial charge in [0.15, 0.2) is 0 Å². The number of urea groups is 1. The lowest BCUT2D eigenvalue weighted by molar-refractivity contribution is 0.199. The molecule has 1 aliphatic carbocycles. The number of hydrogen-bond acceptors (Lipinski definition) is 1. The van der Waals surface area contributed by atoms with Gasteiger partial charge in [0.05, 0.1) is 12.1 Å². The number of rotatable bonds is 2. The molecule has 0 unspecified atom stereocenters. The van der Waals surface area contributed by atoms with Crippen LogP contribution in [0.15, 0.2) is 54.6 Å². The molecule has 4 rings (SSSR count). The lowest BCUT2D eigenvalue weighted by Crippen LogP contribution is -2.49. The summed E-state index contributed by atoms with van der Waals surface area (Å²) in [5.74, 6) is 0. The van der Waals surface area contributed by atoms with E-state index in [-0.39, 0.29) is 17.0 Å². The van der Waals surface area contributed by atoms with E-state index in [0.29, 0.717) is 0 Å². The zero-order valence-electron chi connectivity index (χ0n) is 15.1. The Bertz CT molecular complexity index is 776. The third-order valence-corrected chi connectivity index (χ3v) is 6.17. The fraction of sp³-hybridized carbons (Fsp3) is 0.409. The first kappa shape index (κ1) is 16.2. The van der Waals surface area contributed by atoms with Gasteiger partial charge in [-0.3, -0.25) is 4.90 Å². The Morgan fingerprint density at radius 3 is 2.36 bits per heavy atom. The molecule has 3 heteroatoms. The maximum Gasteiger partial charge on any atom is 0.322 e. The largest absolute Gasteiger partial charge is 0.330 e. The Kier molecular flexibility index (Phi) is 3.82. The van der Waals surface area contributed by atoms with Gasteiger partial charge in [-0.25, -0.2) is 4.79 Å². The molecule has 2 fully saturated rings. The number of amides is 2. The maximum atomic E-state index is 12.6. The number of nitrogens with one attached hydrogen (secondary N) is 1. The summed E-state index contributed by atoms with van der Waals surface area (Å²) in [5.41, 5.74) is 3.75. The molecule has 1 saturated heterocycles. The number of aryl methyl sites for hydroxylation is 1. The van der Waals surface area contributed by atoms with E-state index in [1.165, 1.54) is 11.1 Å². The van der Waals surface area contributed by atoms with Crippen molar-refractivity contribution in [2.24, 2.45) is 0 Å². The molecule has 3 nitrogen and oxygen atoms in total. The number of anilines is 1. The van der Waals surface area contributed by atoms with Gasteiger partial charge < -0.3 is 5.32 Å². The van der Waals surface area contributed by atoms with Gasteiger partial charge in [0.25, 0.3) is 0 Å². The molecule has 25 heavy (non-hydrogen) atoms. The third kappa shape index (κ3) is 2.92. The Labute approximate surface area is 150 Å². The summed E-state index contributed by atoms with van der Waals surface area (Å²) in [6.45, 7) is 5.21. The number of benzene rings is 2. The summed E-state index contributed by atoms with van der Waals surface area (Å²) < 4.78 is 0. The van der Waals surface area contributed by atoms with Gasteiger partial charge in [-0.15, -0.1) is 0 Å². The molecule has 0 atom stereocenters. The molecule has 1 heterocycles. The quantitative estimate of drug-likeness (QED) is 0.841. The van der Waals surface area contributed by atoms with Crippen LogP contribution in [0.3, 0.4) is 0 Å². The van der Waals surface area contributed by atoms with Crippen molar-refractivity contribution in [2.45, 2.75) is 50.5 Å². The standard InChI is InChI=1S/C22H26N2O/c1-17-7-6-10-19(15-17)24-16-22(23-20(24)25)13-11-21(2,12-14-22)18-8-4-3-5-9-18/h3-10,15H,11-14,16H2,1-2H3,(H,23,25)/t21-,22-. The second-order valence-electron chi connectivity index (χ2n) is 8.06. The lowest BCUT2D eigenvalue weighted by atomic mass is 9.65. The average Bonchev–Trinajstić information content (AvgIpc) is 2.95. The van der Waals surface area contributed by atoms with Crippen molar-refractivity contribution in [1.29, 1.82) is 0 Å². The minimum Gasteiger partial charge on any atom is -0.330 e. The SMILES string of the molecule is Cc1cccc(N2C[C@]3(CC[C@@](C)(c4ccccc4)CC3)NC2=O)c1. The van der Waals surface area contributed by atoms with E-state index in [1.807, 2.05) is 17.0 Å². The second kappa shape index (κ2) is 5.91. The summed E-state index contributed by atoms with van der Waals surface area (Å²) in [4.78, 5) is 14.5. The van der Waals surface area contributed by atoms with E-state index < -0.39 is 0 Å². The topological polar surface area (TPSA) is 32.3 Å². The van der Waals surface area contributed by atoms with E-state index in [0.717, 1.165) is 37.9 Å². The van der Waals surface area contributed by atoms with E-state index in [2.05, 4.69) is 61.6 Å². The second-order valence-corrected chi connectivity index (χ2v) is 8.06. The van der Waals surface area contributed by atoms with Crippen LogP contribution in [0.25, 0.3) is 0 Å². The molecule has 2 aliphatic rings. The van der Waals surface area contributed by atoms with E-state index in [1.54, 1.807) is 0 Å². The van der Waals surface area contributed by atoms with Crippen molar-refractivity contribution >= 4 is 11.7 Å². The molecule has 1 aliphatic heterocycles. The normalized spacial score (nSPS) is 29.0. The number of nitrogens with zero attached hydrogens (tertiary/aromatic N) is 1. The molecule has 0 bridgehead atoms. The molecule has 1 saturated carbocycles. The highest BCUT2D eigenvalue weighted by Crippen LogP contribution is 2.44. The van der Waals surface area contributed by atoms with Crippen LogP contribution in [0.5, 0.6) is 0 Å². The van der Waals surface area contributed by atoms with Gasteiger partial charge in [0.1, 0.15) is 0 Å². The minimum atomic E-state index is -0.0743. The fourth-order valence-corrected chi connectivity index (χ4v) is 4.41. The number of carbonyl (C=O) groups excluding carboxylic acids is 1. The summed E-state index contributed by atoms with van der Waals surface area (Å²) in [6.07, 6.45) is 4.29. The zero-order chi connectivity index (χ0) is 17.5. The van der Waals surface area contributed by atoms with Crippen LogP contribution in [0, 0.1) is 6.92 Å². The molecule has 1 N–H and O–H groups in total. The molecule has 2 amide bonds. The summed E-state index contributed by atoms with van der Waals surface area (Å²) in [7, 11) is 0. The van der Waals surface area contributed by atoms with Crippen LogP contribution in [0.1, 0.15) is 43.7 Å². The summed E-state index contributed by atoms with van der Waals surface area (Å²) >= 11 is 0. The highest BCUT2D eigenvalue weighted by molar-refractivity contribution is 5.95. The summed E-state index contributed by atoms with van der Waals surface area (Å²) in [5, 5.41) is 3.31. The first-order valence-corrected chi connectivity index (χ1v) is 9.22. The first-order chi connectivity index (χ1) is 12.0. The van der Waals surface area contributed by atoms with Crippen molar-refractivity contribution in [1.82, 2.24) is 5.32 Å². The molecular weight excluding hydrogens is 308 g/mol. The molecule has 2 aromatic carbocycles. The van der Waals surface area contributed by atoms with E-state index >= 15 is 0 Å². The Morgan fingerprint density at radius 2 is 1.68 bits per heavy atom. The average molecular weight is 334 g/mol. The van der Waals surface area contributed by atoms with Gasteiger partial charge in [0.2, 0.25) is 0 Å². The molecule has 0 radical (unpaired) electrons. The Morgan fingerprint density at radius 1 is 0.960 bits per heavy atom. The highest BCUT2D eigenvalue weighted by atomic mass is 16.2. The van der Waals surface area contributed by atoms with Gasteiger partial charge in [0, 0.05) is 5.69 Å². The van der Waals surface area contributed by atoms with Crippen LogP contribution >= 0.6 is 0 Å². The van der Waals surface area contributed by atoms with Crippen LogP contribution in [0.2, 0.25) is 0 Å². The van der Waals surface area contributed by atoms with Crippen LogP contribution < -0.4 is 10.2 Å². The minimum absolute atomic E-state index is 0.0499. The van der Waals surface area contributed by atoms with E-state index in [9.17, 15) is 4.79 Å². The van der Waals surface area contributed by atoms with Crippen molar-refractivity contribution in [3.63, 3.8) is 0 Å². The molecule has 0 aromatic heterocycles. The molecule has 2 aromatic rings. The maximum absolute atomic E-state index is 12.6. The van der Waals surface area contributed by atoms with Crippen LogP contribution in [-0.4, -0.2) is 18.1 Å². The predicted molar refractivity (Wildman–Crippen MR) is 102 cm³/mol. The van der Waals surface area contributed by atoms with Gasteiger partial charge in [-0.2, -0.15) is 0 Å². The highest BCUT2D eigenvalue weighted by Gasteiger charge is 2.48. The van der Waals surface area contributed by atoms with Crippen LogP contribution in [0.4, 0.5) is 10.5 Å². The smallest absolute Gasteiger partial charge is 0.322 e. The fourth-order valence-electron chi connectivity index (χ4n) is 4.41. The van der Waals surface area contributed by atoms with Crippen LogP contribution in [-0.2, 0) is 5.41 Å². The van der Waals surface area contributed by atoms with Crippen molar-refractivity contribution in [3.05, 3.63) is 65.7 Å². The third-order valence-electron chi connectivity index (χ3n) is 6.17. The Hall–Kier alpha value is -2.29. The summed E-state index contributed by atoms with van der Waals surface area (Å²) in [6, 6.07) is 19.1. The molecule has 1 spiro atoms. The number of hydrogen-bond donors (Lipinski definition) is 1. The van der Waals surface area contributed by atoms with Crippen molar-refractivity contribution in [2.75, 3.05) is 11.4 Å². The number of carbonyl (C=O) groups is 1.